The maximum atomic E-state index is 10.9. The second kappa shape index (κ2) is 5.85. The molecule has 1 aliphatic carbocycles. The first kappa shape index (κ1) is 14.7. The Labute approximate surface area is 126 Å². The Morgan fingerprint density at radius 3 is 2.67 bits per heavy atom. The Bertz CT molecular complexity index is 495. The molecule has 1 fully saturated rings. The van der Waals surface area contributed by atoms with Gasteiger partial charge < -0.3 is 20.3 Å². The third kappa shape index (κ3) is 2.62. The van der Waals surface area contributed by atoms with Gasteiger partial charge in [-0.2, -0.15) is 0 Å². The van der Waals surface area contributed by atoms with Crippen molar-refractivity contribution in [2.45, 2.75) is 45.1 Å². The van der Waals surface area contributed by atoms with Crippen molar-refractivity contribution in [1.82, 2.24) is 0 Å². The molecular formula is C17H25NO3. The zero-order chi connectivity index (χ0) is 14.9. The topological polar surface area (TPSA) is 64.7 Å². The number of nitrogens with two attached hydrogens (primary N) is 1. The van der Waals surface area contributed by atoms with Crippen molar-refractivity contribution in [3.05, 3.63) is 23.8 Å². The van der Waals surface area contributed by atoms with E-state index in [0.29, 0.717) is 6.54 Å². The molecule has 3 N–H and O–H groups in total. The summed E-state index contributed by atoms with van der Waals surface area (Å²) in [7, 11) is 0. The van der Waals surface area contributed by atoms with Gasteiger partial charge in [0.15, 0.2) is 11.5 Å². The molecule has 0 saturated heterocycles. The van der Waals surface area contributed by atoms with Gasteiger partial charge in [0.05, 0.1) is 6.10 Å². The van der Waals surface area contributed by atoms with E-state index >= 15 is 0 Å². The van der Waals surface area contributed by atoms with Crippen LogP contribution in [0.4, 0.5) is 0 Å². The normalized spacial score (nSPS) is 29.4. The highest BCUT2D eigenvalue weighted by molar-refractivity contribution is 5.45. The Hall–Kier alpha value is -1.26. The van der Waals surface area contributed by atoms with Crippen LogP contribution >= 0.6 is 0 Å². The Morgan fingerprint density at radius 2 is 2.00 bits per heavy atom. The first-order valence-electron chi connectivity index (χ1n) is 7.96. The van der Waals surface area contributed by atoms with E-state index in [4.69, 9.17) is 15.2 Å². The van der Waals surface area contributed by atoms with Gasteiger partial charge in [0.25, 0.3) is 0 Å². The molecule has 1 saturated carbocycles. The van der Waals surface area contributed by atoms with Gasteiger partial charge in [0.1, 0.15) is 0 Å². The molecule has 1 unspecified atom stereocenters. The molecule has 1 aromatic rings. The number of aliphatic hydroxyl groups excluding tert-OH is 1. The van der Waals surface area contributed by atoms with E-state index in [2.05, 4.69) is 6.92 Å². The molecule has 0 radical (unpaired) electrons. The zero-order valence-electron chi connectivity index (χ0n) is 12.7. The van der Waals surface area contributed by atoms with Crippen molar-refractivity contribution in [2.24, 2.45) is 17.1 Å². The monoisotopic (exact) mass is 291 g/mol. The molecule has 1 aliphatic heterocycles. The van der Waals surface area contributed by atoms with Crippen LogP contribution in [0.5, 0.6) is 11.5 Å². The van der Waals surface area contributed by atoms with Crippen LogP contribution in [0.1, 0.15) is 50.7 Å². The number of ether oxygens (including phenoxy) is 2. The molecule has 2 aliphatic rings. The van der Waals surface area contributed by atoms with Crippen LogP contribution < -0.4 is 15.2 Å². The molecule has 4 nitrogen and oxygen atoms in total. The summed E-state index contributed by atoms with van der Waals surface area (Å²) in [4.78, 5) is 0. The number of fused-ring (bicyclic) bond motifs is 1. The summed E-state index contributed by atoms with van der Waals surface area (Å²) >= 11 is 0. The first-order chi connectivity index (χ1) is 10.2. The fourth-order valence-corrected chi connectivity index (χ4v) is 3.69. The van der Waals surface area contributed by atoms with Gasteiger partial charge in [-0.1, -0.05) is 19.4 Å². The molecular weight excluding hydrogens is 266 g/mol. The summed E-state index contributed by atoms with van der Waals surface area (Å²) in [6.07, 6.45) is 5.01. The van der Waals surface area contributed by atoms with Crippen LogP contribution in [0.15, 0.2) is 18.2 Å². The largest absolute Gasteiger partial charge is 0.454 e. The second-order valence-electron chi connectivity index (χ2n) is 6.43. The Balaban J connectivity index is 1.80. The number of rotatable bonds is 4. The lowest BCUT2D eigenvalue weighted by atomic mass is 9.65. The fourth-order valence-electron chi connectivity index (χ4n) is 3.69. The number of hydrogen-bond acceptors (Lipinski definition) is 4. The van der Waals surface area contributed by atoms with E-state index in [1.807, 2.05) is 18.2 Å². The molecule has 21 heavy (non-hydrogen) atoms. The maximum Gasteiger partial charge on any atom is 0.231 e. The SMILES string of the molecule is CCC1CCC(CN)(C(O)c2ccc3c(c2)OCO3)CC1. The highest BCUT2D eigenvalue weighted by atomic mass is 16.7. The minimum Gasteiger partial charge on any atom is -0.454 e. The van der Waals surface area contributed by atoms with Gasteiger partial charge in [-0.05, 0) is 49.3 Å². The summed E-state index contributed by atoms with van der Waals surface area (Å²) in [6, 6.07) is 5.71. The van der Waals surface area contributed by atoms with Gasteiger partial charge >= 0.3 is 0 Å². The minimum absolute atomic E-state index is 0.195. The highest BCUT2D eigenvalue weighted by Crippen LogP contribution is 2.48. The smallest absolute Gasteiger partial charge is 0.231 e. The predicted octanol–water partition coefficient (Wildman–Crippen LogP) is 2.99. The third-order valence-corrected chi connectivity index (χ3v) is 5.38. The van der Waals surface area contributed by atoms with Gasteiger partial charge in [-0.25, -0.2) is 0 Å². The lowest BCUT2D eigenvalue weighted by Crippen LogP contribution is -2.40. The molecule has 0 spiro atoms. The Morgan fingerprint density at radius 1 is 1.29 bits per heavy atom. The average Bonchev–Trinajstić information content (AvgIpc) is 3.01. The van der Waals surface area contributed by atoms with E-state index in [1.54, 1.807) is 0 Å². The van der Waals surface area contributed by atoms with Gasteiger partial charge in [0.2, 0.25) is 6.79 Å². The summed E-state index contributed by atoms with van der Waals surface area (Å²) in [6.45, 7) is 3.03. The zero-order valence-corrected chi connectivity index (χ0v) is 12.7. The van der Waals surface area contributed by atoms with E-state index in [1.165, 1.54) is 6.42 Å². The summed E-state index contributed by atoms with van der Waals surface area (Å²) in [5.41, 5.74) is 6.75. The van der Waals surface area contributed by atoms with E-state index in [-0.39, 0.29) is 12.2 Å². The molecule has 1 heterocycles. The minimum atomic E-state index is -0.533. The van der Waals surface area contributed by atoms with Crippen molar-refractivity contribution in [3.8, 4) is 11.5 Å². The van der Waals surface area contributed by atoms with Crippen LogP contribution in [0.3, 0.4) is 0 Å². The van der Waals surface area contributed by atoms with Crippen molar-refractivity contribution >= 4 is 0 Å². The molecule has 1 aromatic carbocycles. The van der Waals surface area contributed by atoms with Crippen LogP contribution in [-0.2, 0) is 0 Å². The van der Waals surface area contributed by atoms with Crippen molar-refractivity contribution in [3.63, 3.8) is 0 Å². The number of benzene rings is 1. The van der Waals surface area contributed by atoms with Crippen LogP contribution in [-0.4, -0.2) is 18.4 Å². The molecule has 0 bridgehead atoms. The van der Waals surface area contributed by atoms with E-state index in [9.17, 15) is 5.11 Å². The van der Waals surface area contributed by atoms with E-state index in [0.717, 1.165) is 48.7 Å². The molecule has 0 amide bonds. The third-order valence-electron chi connectivity index (χ3n) is 5.38. The van der Waals surface area contributed by atoms with Gasteiger partial charge in [-0.15, -0.1) is 0 Å². The van der Waals surface area contributed by atoms with Crippen LogP contribution in [0, 0.1) is 11.3 Å². The Kier molecular flexibility index (Phi) is 4.09. The van der Waals surface area contributed by atoms with Crippen molar-refractivity contribution in [2.75, 3.05) is 13.3 Å². The second-order valence-corrected chi connectivity index (χ2v) is 6.43. The standard InChI is InChI=1S/C17H25NO3/c1-2-12-5-7-17(10-18,8-6-12)16(19)13-3-4-14-15(9-13)21-11-20-14/h3-4,9,12,16,19H,2,5-8,10-11,18H2,1H3. The van der Waals surface area contributed by atoms with Gasteiger partial charge in [0, 0.05) is 12.0 Å². The lowest BCUT2D eigenvalue weighted by molar-refractivity contribution is -0.0104. The fraction of sp³-hybridized carbons (Fsp3) is 0.647. The molecule has 116 valence electrons. The highest BCUT2D eigenvalue weighted by Gasteiger charge is 2.41. The van der Waals surface area contributed by atoms with Gasteiger partial charge in [-0.3, -0.25) is 0 Å². The quantitative estimate of drug-likeness (QED) is 0.895. The first-order valence-corrected chi connectivity index (χ1v) is 7.96. The van der Waals surface area contributed by atoms with E-state index < -0.39 is 6.10 Å². The van der Waals surface area contributed by atoms with Crippen LogP contribution in [0.25, 0.3) is 0 Å². The molecule has 4 heteroatoms. The predicted molar refractivity (Wildman–Crippen MR) is 81.3 cm³/mol. The maximum absolute atomic E-state index is 10.9. The molecule has 0 aromatic heterocycles. The number of aliphatic hydroxyl groups is 1. The summed E-state index contributed by atoms with van der Waals surface area (Å²) in [5.74, 6) is 2.26. The average molecular weight is 291 g/mol. The molecule has 1 atom stereocenters. The summed E-state index contributed by atoms with van der Waals surface area (Å²) in [5, 5.41) is 10.9. The van der Waals surface area contributed by atoms with Crippen molar-refractivity contribution < 1.29 is 14.6 Å². The number of hydrogen-bond donors (Lipinski definition) is 2. The molecule has 3 rings (SSSR count). The van der Waals surface area contributed by atoms with Crippen LogP contribution in [0.2, 0.25) is 0 Å². The lowest BCUT2D eigenvalue weighted by Gasteiger charge is -2.43. The summed E-state index contributed by atoms with van der Waals surface area (Å²) < 4.78 is 10.7. The van der Waals surface area contributed by atoms with Crippen molar-refractivity contribution in [1.29, 1.82) is 0 Å².